The third-order valence-electron chi connectivity index (χ3n) is 3.03. The molecule has 3 unspecified atom stereocenters. The average Bonchev–Trinajstić information content (AvgIpc) is 2.68. The molecule has 1 fully saturated rings. The number of rotatable bonds is 4. The van der Waals surface area contributed by atoms with Crippen molar-refractivity contribution >= 4 is 0 Å². The van der Waals surface area contributed by atoms with Gasteiger partial charge in [-0.1, -0.05) is 6.92 Å². The van der Waals surface area contributed by atoms with Crippen molar-refractivity contribution in [3.63, 3.8) is 0 Å². The molecule has 0 amide bonds. The molecule has 3 heteroatoms. The Bertz CT molecular complexity index is 255. The van der Waals surface area contributed by atoms with Gasteiger partial charge in [0.25, 0.3) is 0 Å². The second kappa shape index (κ2) is 3.50. The predicted octanol–water partition coefficient (Wildman–Crippen LogP) is 1.20. The quantitative estimate of drug-likeness (QED) is 0.729. The summed E-state index contributed by atoms with van der Waals surface area (Å²) in [4.78, 5) is 7.39. The van der Waals surface area contributed by atoms with E-state index in [1.807, 2.05) is 19.4 Å². The van der Waals surface area contributed by atoms with Crippen molar-refractivity contribution in [2.75, 3.05) is 7.05 Å². The molecule has 1 aliphatic carbocycles. The van der Waals surface area contributed by atoms with Crippen LogP contribution in [0.2, 0.25) is 0 Å². The summed E-state index contributed by atoms with van der Waals surface area (Å²) in [6, 6.07) is 0.598. The molecule has 0 bridgehead atoms. The molecule has 1 heterocycles. The fourth-order valence-electron chi connectivity index (χ4n) is 2.00. The van der Waals surface area contributed by atoms with Crippen LogP contribution in [0.4, 0.5) is 0 Å². The minimum absolute atomic E-state index is 0.598. The monoisotopic (exact) mass is 179 g/mol. The van der Waals surface area contributed by atoms with Crippen LogP contribution in [0.1, 0.15) is 19.2 Å². The first kappa shape index (κ1) is 8.75. The van der Waals surface area contributed by atoms with Gasteiger partial charge in [-0.25, -0.2) is 4.98 Å². The lowest BCUT2D eigenvalue weighted by atomic mass is 10.1. The fraction of sp³-hybridized carbons (Fsp3) is 0.700. The van der Waals surface area contributed by atoms with Gasteiger partial charge in [0, 0.05) is 24.9 Å². The molecule has 3 atom stereocenters. The van der Waals surface area contributed by atoms with Crippen LogP contribution in [0.15, 0.2) is 12.4 Å². The van der Waals surface area contributed by atoms with Gasteiger partial charge >= 0.3 is 0 Å². The normalized spacial score (nSPS) is 28.8. The third kappa shape index (κ3) is 1.91. The van der Waals surface area contributed by atoms with Crippen LogP contribution >= 0.6 is 0 Å². The van der Waals surface area contributed by atoms with Crippen LogP contribution in [0, 0.1) is 11.8 Å². The molecular formula is C10H17N3. The highest BCUT2D eigenvalue weighted by Crippen LogP contribution is 2.41. The first-order valence-electron chi connectivity index (χ1n) is 4.96. The number of aromatic amines is 1. The maximum absolute atomic E-state index is 4.24. The molecule has 72 valence electrons. The molecule has 1 saturated carbocycles. The van der Waals surface area contributed by atoms with Crippen LogP contribution in [0.25, 0.3) is 0 Å². The Kier molecular flexibility index (Phi) is 2.36. The smallest absolute Gasteiger partial charge is 0.107 e. The largest absolute Gasteiger partial charge is 0.349 e. The molecule has 1 aromatic rings. The Morgan fingerprint density at radius 2 is 2.54 bits per heavy atom. The topological polar surface area (TPSA) is 40.7 Å². The van der Waals surface area contributed by atoms with Crippen molar-refractivity contribution < 1.29 is 0 Å². The zero-order valence-corrected chi connectivity index (χ0v) is 8.25. The van der Waals surface area contributed by atoms with Crippen LogP contribution in [0.3, 0.4) is 0 Å². The van der Waals surface area contributed by atoms with E-state index in [2.05, 4.69) is 22.2 Å². The SMILES string of the molecule is CNC(Cc1ncc[nH]1)C1CC1C. The minimum atomic E-state index is 0.598. The van der Waals surface area contributed by atoms with E-state index in [9.17, 15) is 0 Å². The van der Waals surface area contributed by atoms with Gasteiger partial charge in [-0.3, -0.25) is 0 Å². The summed E-state index contributed by atoms with van der Waals surface area (Å²) in [6.07, 6.45) is 6.10. The molecule has 0 radical (unpaired) electrons. The number of imidazole rings is 1. The number of nitrogens with one attached hydrogen (secondary N) is 2. The van der Waals surface area contributed by atoms with E-state index in [0.29, 0.717) is 6.04 Å². The van der Waals surface area contributed by atoms with Gasteiger partial charge in [-0.2, -0.15) is 0 Å². The Morgan fingerprint density at radius 3 is 3.00 bits per heavy atom. The van der Waals surface area contributed by atoms with Crippen LogP contribution in [-0.2, 0) is 6.42 Å². The van der Waals surface area contributed by atoms with E-state index in [1.165, 1.54) is 6.42 Å². The number of aromatic nitrogens is 2. The van der Waals surface area contributed by atoms with E-state index >= 15 is 0 Å². The molecule has 1 aliphatic rings. The van der Waals surface area contributed by atoms with E-state index in [-0.39, 0.29) is 0 Å². The summed E-state index contributed by atoms with van der Waals surface area (Å²) in [5.41, 5.74) is 0. The molecule has 2 rings (SSSR count). The van der Waals surface area contributed by atoms with Crippen LogP contribution in [0.5, 0.6) is 0 Å². The minimum Gasteiger partial charge on any atom is -0.349 e. The second-order valence-electron chi connectivity index (χ2n) is 4.01. The van der Waals surface area contributed by atoms with Gasteiger partial charge in [-0.05, 0) is 25.3 Å². The van der Waals surface area contributed by atoms with Crippen molar-refractivity contribution in [3.8, 4) is 0 Å². The maximum atomic E-state index is 4.24. The zero-order chi connectivity index (χ0) is 9.26. The molecule has 3 nitrogen and oxygen atoms in total. The van der Waals surface area contributed by atoms with Crippen molar-refractivity contribution in [3.05, 3.63) is 18.2 Å². The van der Waals surface area contributed by atoms with E-state index in [1.54, 1.807) is 0 Å². The average molecular weight is 179 g/mol. The van der Waals surface area contributed by atoms with Crippen molar-refractivity contribution in [2.24, 2.45) is 11.8 Å². The summed E-state index contributed by atoms with van der Waals surface area (Å²) in [6.45, 7) is 2.32. The van der Waals surface area contributed by atoms with Crippen molar-refractivity contribution in [1.82, 2.24) is 15.3 Å². The van der Waals surface area contributed by atoms with Gasteiger partial charge in [0.05, 0.1) is 0 Å². The Balaban J connectivity index is 1.91. The van der Waals surface area contributed by atoms with Gasteiger partial charge in [0.2, 0.25) is 0 Å². The predicted molar refractivity (Wildman–Crippen MR) is 52.4 cm³/mol. The Labute approximate surface area is 79.0 Å². The summed E-state index contributed by atoms with van der Waals surface area (Å²) in [5, 5.41) is 3.37. The van der Waals surface area contributed by atoms with Gasteiger partial charge in [-0.15, -0.1) is 0 Å². The third-order valence-corrected chi connectivity index (χ3v) is 3.03. The highest BCUT2D eigenvalue weighted by Gasteiger charge is 2.38. The van der Waals surface area contributed by atoms with Gasteiger partial charge < -0.3 is 10.3 Å². The lowest BCUT2D eigenvalue weighted by Crippen LogP contribution is -2.30. The Hall–Kier alpha value is -0.830. The number of likely N-dealkylation sites (N-methyl/N-ethyl adjacent to an activating group) is 1. The van der Waals surface area contributed by atoms with Crippen molar-refractivity contribution in [2.45, 2.75) is 25.8 Å². The molecule has 0 aliphatic heterocycles. The molecule has 0 saturated heterocycles. The van der Waals surface area contributed by atoms with Crippen LogP contribution < -0.4 is 5.32 Å². The first-order chi connectivity index (χ1) is 6.31. The standard InChI is InChI=1S/C10H17N3/c1-7-5-8(7)9(11-2)6-10-12-3-4-13-10/h3-4,7-9,11H,5-6H2,1-2H3,(H,12,13). The fourth-order valence-corrected chi connectivity index (χ4v) is 2.00. The molecule has 13 heavy (non-hydrogen) atoms. The molecule has 0 aromatic carbocycles. The van der Waals surface area contributed by atoms with Gasteiger partial charge in [0.15, 0.2) is 0 Å². The summed E-state index contributed by atoms with van der Waals surface area (Å²) in [5.74, 6) is 2.85. The highest BCUT2D eigenvalue weighted by molar-refractivity contribution is 4.98. The number of H-pyrrole nitrogens is 1. The van der Waals surface area contributed by atoms with Crippen molar-refractivity contribution in [1.29, 1.82) is 0 Å². The molecule has 1 aromatic heterocycles. The maximum Gasteiger partial charge on any atom is 0.107 e. The van der Waals surface area contributed by atoms with E-state index in [4.69, 9.17) is 0 Å². The first-order valence-corrected chi connectivity index (χ1v) is 4.96. The summed E-state index contributed by atoms with van der Waals surface area (Å²) in [7, 11) is 2.04. The lowest BCUT2D eigenvalue weighted by Gasteiger charge is -2.13. The van der Waals surface area contributed by atoms with Gasteiger partial charge in [0.1, 0.15) is 5.82 Å². The van der Waals surface area contributed by atoms with Crippen LogP contribution in [-0.4, -0.2) is 23.1 Å². The zero-order valence-electron chi connectivity index (χ0n) is 8.25. The number of hydrogen-bond donors (Lipinski definition) is 2. The number of hydrogen-bond acceptors (Lipinski definition) is 2. The number of nitrogens with zero attached hydrogens (tertiary/aromatic N) is 1. The molecule has 0 spiro atoms. The highest BCUT2D eigenvalue weighted by atomic mass is 14.9. The molecule has 2 N–H and O–H groups in total. The lowest BCUT2D eigenvalue weighted by molar-refractivity contribution is 0.471. The Morgan fingerprint density at radius 1 is 1.77 bits per heavy atom. The van der Waals surface area contributed by atoms with E-state index < -0.39 is 0 Å². The summed E-state index contributed by atoms with van der Waals surface area (Å²) < 4.78 is 0. The second-order valence-corrected chi connectivity index (χ2v) is 4.01. The summed E-state index contributed by atoms with van der Waals surface area (Å²) >= 11 is 0. The molecular weight excluding hydrogens is 162 g/mol. The van der Waals surface area contributed by atoms with E-state index in [0.717, 1.165) is 24.1 Å².